The Balaban J connectivity index is 1.19. The summed E-state index contributed by atoms with van der Waals surface area (Å²) in [5.41, 5.74) is 6.94. The smallest absolute Gasteiger partial charge is 0.324 e. The number of carbonyl (C=O) groups excluding carboxylic acids is 1. The number of nitrogens with zero attached hydrogens (tertiary/aromatic N) is 5. The molecule has 2 fully saturated rings. The highest BCUT2D eigenvalue weighted by Crippen LogP contribution is 2.30. The molecule has 0 saturated carbocycles. The molecule has 36 heavy (non-hydrogen) atoms. The summed E-state index contributed by atoms with van der Waals surface area (Å²) < 4.78 is 11.4. The van der Waals surface area contributed by atoms with Crippen LogP contribution in [0.1, 0.15) is 76.2 Å². The zero-order chi connectivity index (χ0) is 25.7. The number of piperidine rings is 1. The maximum absolute atomic E-state index is 12.7. The number of nitriles is 1. The standard InChI is InChI=1S/C27H38N6O3/c1-18(2)25-30-27(36-31-25)32-14-10-20(11-15-32)19(3)12-16-35-23-8-6-21(7-9-23)24(29)26(34)33-13-4-5-22(33)17-28/h6-9,18-20,22,24H,4-5,10-16,29H2,1-3H3/t19-,22+,24+/m1/s1. The monoisotopic (exact) mass is 494 g/mol. The van der Waals surface area contributed by atoms with E-state index in [1.54, 1.807) is 4.90 Å². The molecule has 0 aliphatic carbocycles. The van der Waals surface area contributed by atoms with E-state index in [0.29, 0.717) is 31.0 Å². The number of aromatic nitrogens is 2. The van der Waals surface area contributed by atoms with Gasteiger partial charge in [0.25, 0.3) is 0 Å². The Kier molecular flexibility index (Phi) is 8.47. The summed E-state index contributed by atoms with van der Waals surface area (Å²) in [6.45, 7) is 9.54. The van der Waals surface area contributed by atoms with Gasteiger partial charge in [0.1, 0.15) is 17.8 Å². The van der Waals surface area contributed by atoms with Crippen LogP contribution in [-0.2, 0) is 4.79 Å². The maximum atomic E-state index is 12.7. The van der Waals surface area contributed by atoms with Gasteiger partial charge in [-0.05, 0) is 61.6 Å². The van der Waals surface area contributed by atoms with E-state index in [-0.39, 0.29) is 17.9 Å². The average molecular weight is 495 g/mol. The fourth-order valence-electron chi connectivity index (χ4n) is 5.10. The molecule has 0 radical (unpaired) electrons. The molecule has 3 heterocycles. The molecule has 1 aromatic heterocycles. The van der Waals surface area contributed by atoms with Crippen LogP contribution in [0, 0.1) is 23.2 Å². The molecular formula is C27H38N6O3. The molecule has 194 valence electrons. The van der Waals surface area contributed by atoms with Crippen LogP contribution in [0.3, 0.4) is 0 Å². The number of amides is 1. The summed E-state index contributed by atoms with van der Waals surface area (Å²) in [6.07, 6.45) is 4.75. The first-order chi connectivity index (χ1) is 17.4. The molecule has 2 saturated heterocycles. The van der Waals surface area contributed by atoms with Gasteiger partial charge in [0.05, 0.1) is 12.7 Å². The van der Waals surface area contributed by atoms with Gasteiger partial charge in [0.15, 0.2) is 5.82 Å². The first-order valence-corrected chi connectivity index (χ1v) is 13.1. The maximum Gasteiger partial charge on any atom is 0.324 e. The van der Waals surface area contributed by atoms with Crippen LogP contribution in [0.25, 0.3) is 0 Å². The molecule has 0 bridgehead atoms. The first-order valence-electron chi connectivity index (χ1n) is 13.1. The number of carbonyl (C=O) groups is 1. The van der Waals surface area contributed by atoms with E-state index >= 15 is 0 Å². The van der Waals surface area contributed by atoms with Gasteiger partial charge in [-0.25, -0.2) is 0 Å². The van der Waals surface area contributed by atoms with E-state index in [4.69, 9.17) is 15.0 Å². The number of hydrogen-bond acceptors (Lipinski definition) is 8. The number of rotatable bonds is 9. The second-order valence-electron chi connectivity index (χ2n) is 10.4. The fourth-order valence-corrected chi connectivity index (χ4v) is 5.10. The first kappa shape index (κ1) is 26.0. The molecule has 9 heteroatoms. The average Bonchev–Trinajstić information content (AvgIpc) is 3.58. The minimum Gasteiger partial charge on any atom is -0.494 e. The molecule has 0 spiro atoms. The van der Waals surface area contributed by atoms with Crippen LogP contribution in [0.4, 0.5) is 6.01 Å². The van der Waals surface area contributed by atoms with Gasteiger partial charge in [-0.3, -0.25) is 4.79 Å². The molecule has 2 N–H and O–H groups in total. The number of anilines is 1. The van der Waals surface area contributed by atoms with Gasteiger partial charge < -0.3 is 24.8 Å². The Labute approximate surface area is 213 Å². The van der Waals surface area contributed by atoms with Crippen molar-refractivity contribution >= 4 is 11.9 Å². The van der Waals surface area contributed by atoms with Crippen LogP contribution in [-0.4, -0.2) is 53.2 Å². The normalized spacial score (nSPS) is 20.4. The van der Waals surface area contributed by atoms with Crippen molar-refractivity contribution in [1.82, 2.24) is 15.0 Å². The number of ether oxygens (including phenoxy) is 1. The molecule has 1 amide bonds. The van der Waals surface area contributed by atoms with Crippen molar-refractivity contribution in [2.75, 3.05) is 31.1 Å². The Morgan fingerprint density at radius 1 is 1.19 bits per heavy atom. The third-order valence-corrected chi connectivity index (χ3v) is 7.59. The predicted octanol–water partition coefficient (Wildman–Crippen LogP) is 4.03. The van der Waals surface area contributed by atoms with Gasteiger partial charge in [-0.1, -0.05) is 38.1 Å². The van der Waals surface area contributed by atoms with Crippen molar-refractivity contribution in [3.8, 4) is 11.8 Å². The second-order valence-corrected chi connectivity index (χ2v) is 10.4. The molecule has 3 atom stereocenters. The van der Waals surface area contributed by atoms with Crippen molar-refractivity contribution in [2.24, 2.45) is 17.6 Å². The highest BCUT2D eigenvalue weighted by Gasteiger charge is 2.32. The van der Waals surface area contributed by atoms with E-state index in [0.717, 1.165) is 62.3 Å². The van der Waals surface area contributed by atoms with Gasteiger partial charge in [-0.15, -0.1) is 0 Å². The minimum absolute atomic E-state index is 0.188. The fraction of sp³-hybridized carbons (Fsp3) is 0.630. The lowest BCUT2D eigenvalue weighted by molar-refractivity contribution is -0.132. The largest absolute Gasteiger partial charge is 0.494 e. The summed E-state index contributed by atoms with van der Waals surface area (Å²) in [5.74, 6) is 2.81. The second kappa shape index (κ2) is 11.7. The van der Waals surface area contributed by atoms with Crippen LogP contribution in [0.5, 0.6) is 5.75 Å². The molecule has 4 rings (SSSR count). The summed E-state index contributed by atoms with van der Waals surface area (Å²) >= 11 is 0. The van der Waals surface area contributed by atoms with Crippen LogP contribution < -0.4 is 15.4 Å². The minimum atomic E-state index is -0.761. The van der Waals surface area contributed by atoms with Crippen molar-refractivity contribution in [3.63, 3.8) is 0 Å². The van der Waals surface area contributed by atoms with Crippen molar-refractivity contribution in [3.05, 3.63) is 35.7 Å². The van der Waals surface area contributed by atoms with E-state index in [1.807, 2.05) is 24.3 Å². The summed E-state index contributed by atoms with van der Waals surface area (Å²) in [6, 6.07) is 9.14. The van der Waals surface area contributed by atoms with Crippen LogP contribution >= 0.6 is 0 Å². The van der Waals surface area contributed by atoms with E-state index in [1.165, 1.54) is 0 Å². The van der Waals surface area contributed by atoms with Crippen molar-refractivity contribution < 1.29 is 14.1 Å². The lowest BCUT2D eigenvalue weighted by Crippen LogP contribution is -2.40. The molecule has 0 unspecified atom stereocenters. The third kappa shape index (κ3) is 5.98. The molecule has 2 aromatic rings. The van der Waals surface area contributed by atoms with Crippen LogP contribution in [0.15, 0.2) is 28.8 Å². The number of benzene rings is 1. The Morgan fingerprint density at radius 3 is 2.56 bits per heavy atom. The van der Waals surface area contributed by atoms with Gasteiger partial charge in [0.2, 0.25) is 5.91 Å². The lowest BCUT2D eigenvalue weighted by atomic mass is 9.84. The van der Waals surface area contributed by atoms with E-state index in [2.05, 4.69) is 41.9 Å². The zero-order valence-corrected chi connectivity index (χ0v) is 21.6. The molecular weight excluding hydrogens is 456 g/mol. The van der Waals surface area contributed by atoms with Crippen molar-refractivity contribution in [2.45, 2.75) is 70.9 Å². The molecule has 1 aromatic carbocycles. The van der Waals surface area contributed by atoms with Gasteiger partial charge >= 0.3 is 6.01 Å². The molecule has 2 aliphatic heterocycles. The summed E-state index contributed by atoms with van der Waals surface area (Å²) in [4.78, 5) is 21.1. The third-order valence-electron chi connectivity index (χ3n) is 7.59. The Hall–Kier alpha value is -3.12. The van der Waals surface area contributed by atoms with Gasteiger partial charge in [-0.2, -0.15) is 10.2 Å². The van der Waals surface area contributed by atoms with E-state index < -0.39 is 6.04 Å². The zero-order valence-electron chi connectivity index (χ0n) is 21.6. The number of nitrogens with two attached hydrogens (primary N) is 1. The number of hydrogen-bond donors (Lipinski definition) is 1. The summed E-state index contributed by atoms with van der Waals surface area (Å²) in [5, 5.41) is 13.3. The van der Waals surface area contributed by atoms with E-state index in [9.17, 15) is 10.1 Å². The topological polar surface area (TPSA) is 122 Å². The SMILES string of the molecule is CC(C)c1noc(N2CCC([C@H](C)CCOc3ccc([C@H](N)C(=O)N4CCC[C@H]4C#N)cc3)CC2)n1. The predicted molar refractivity (Wildman–Crippen MR) is 136 cm³/mol. The summed E-state index contributed by atoms with van der Waals surface area (Å²) in [7, 11) is 0. The molecule has 9 nitrogen and oxygen atoms in total. The highest BCUT2D eigenvalue weighted by atomic mass is 16.5. The Morgan fingerprint density at radius 2 is 1.92 bits per heavy atom. The quantitative estimate of drug-likeness (QED) is 0.554. The van der Waals surface area contributed by atoms with Gasteiger partial charge in [0, 0.05) is 25.6 Å². The Bertz CT molecular complexity index is 1040. The van der Waals surface area contributed by atoms with Crippen LogP contribution in [0.2, 0.25) is 0 Å². The lowest BCUT2D eigenvalue weighted by Gasteiger charge is -2.33. The number of likely N-dealkylation sites (tertiary alicyclic amines) is 1. The highest BCUT2D eigenvalue weighted by molar-refractivity contribution is 5.84. The van der Waals surface area contributed by atoms with Crippen molar-refractivity contribution in [1.29, 1.82) is 5.26 Å². The molecule has 2 aliphatic rings.